The second-order valence-electron chi connectivity index (χ2n) is 11.3. The largest absolute Gasteiger partial charge is 0.478 e. The summed E-state index contributed by atoms with van der Waals surface area (Å²) >= 11 is 5.96. The molecule has 3 aromatic carbocycles. The molecular formula is C34H32ClFN4O5. The molecule has 0 spiro atoms. The average molecular weight is 631 g/mol. The molecule has 232 valence electrons. The molecule has 1 fully saturated rings. The number of piperidine rings is 1. The molecule has 1 atom stereocenters. The van der Waals surface area contributed by atoms with Crippen LogP contribution in [0.4, 0.5) is 10.1 Å². The summed E-state index contributed by atoms with van der Waals surface area (Å²) in [5.41, 5.74) is 3.94. The number of rotatable bonds is 8. The number of carbonyl (C=O) groups excluding carboxylic acids is 2. The van der Waals surface area contributed by atoms with E-state index >= 15 is 0 Å². The summed E-state index contributed by atoms with van der Waals surface area (Å²) in [7, 11) is 1.73. The SMILES string of the molecule is COC1CCN(c2cccc3c2CCN(C(=O)c2cnn(-c4cccc(Cl)c4F)c2)C3C(=O)Cc2ccc(C(=O)O)cc2)CC1. The van der Waals surface area contributed by atoms with Gasteiger partial charge < -0.3 is 19.6 Å². The summed E-state index contributed by atoms with van der Waals surface area (Å²) in [5.74, 6) is -2.31. The van der Waals surface area contributed by atoms with E-state index < -0.39 is 23.7 Å². The zero-order chi connectivity index (χ0) is 31.7. The van der Waals surface area contributed by atoms with E-state index in [4.69, 9.17) is 16.3 Å². The van der Waals surface area contributed by atoms with Crippen LogP contribution in [0.5, 0.6) is 0 Å². The van der Waals surface area contributed by atoms with Gasteiger partial charge in [0.15, 0.2) is 11.6 Å². The van der Waals surface area contributed by atoms with Gasteiger partial charge in [-0.15, -0.1) is 0 Å². The van der Waals surface area contributed by atoms with Gasteiger partial charge in [-0.2, -0.15) is 5.10 Å². The fourth-order valence-corrected chi connectivity index (χ4v) is 6.48. The normalized spacial score (nSPS) is 16.8. The van der Waals surface area contributed by atoms with Crippen LogP contribution >= 0.6 is 11.6 Å². The van der Waals surface area contributed by atoms with E-state index in [0.29, 0.717) is 18.5 Å². The zero-order valence-corrected chi connectivity index (χ0v) is 25.4. The molecule has 3 heterocycles. The second-order valence-corrected chi connectivity index (χ2v) is 11.7. The standard InChI is InChI=1S/C34H32ClFN4O5/c1-45-24-12-15-38(16-13-24)28-6-2-4-26-25(28)14-17-39(32(26)30(41)18-21-8-10-22(11-9-21)34(43)44)33(42)23-19-37-40(20-23)29-7-3-5-27(35)31(29)36/h2-11,19-20,24,32H,12-18H2,1H3,(H,43,44). The van der Waals surface area contributed by atoms with Crippen molar-refractivity contribution in [3.8, 4) is 5.69 Å². The van der Waals surface area contributed by atoms with E-state index in [-0.39, 0.29) is 40.1 Å². The van der Waals surface area contributed by atoms with E-state index in [1.165, 1.54) is 41.3 Å². The Morgan fingerprint density at radius 1 is 0.978 bits per heavy atom. The molecule has 0 radical (unpaired) electrons. The maximum Gasteiger partial charge on any atom is 0.335 e. The first kappa shape index (κ1) is 30.5. The summed E-state index contributed by atoms with van der Waals surface area (Å²) < 4.78 is 21.5. The summed E-state index contributed by atoms with van der Waals surface area (Å²) in [4.78, 5) is 43.4. The van der Waals surface area contributed by atoms with Crippen molar-refractivity contribution in [2.24, 2.45) is 0 Å². The molecule has 4 aromatic rings. The van der Waals surface area contributed by atoms with Crippen molar-refractivity contribution < 1.29 is 28.6 Å². The van der Waals surface area contributed by atoms with Crippen LogP contribution in [0.1, 0.15) is 56.3 Å². The molecule has 1 amide bonds. The van der Waals surface area contributed by atoms with Gasteiger partial charge in [0.25, 0.3) is 5.91 Å². The van der Waals surface area contributed by atoms with Crippen molar-refractivity contribution in [1.82, 2.24) is 14.7 Å². The number of aromatic carboxylic acids is 1. The third-order valence-corrected chi connectivity index (χ3v) is 8.96. The fraction of sp³-hybridized carbons (Fsp3) is 0.294. The van der Waals surface area contributed by atoms with Gasteiger partial charge >= 0.3 is 5.97 Å². The van der Waals surface area contributed by atoms with Gasteiger partial charge in [0.1, 0.15) is 11.7 Å². The summed E-state index contributed by atoms with van der Waals surface area (Å²) in [6, 6.07) is 15.7. The number of hydrogen-bond acceptors (Lipinski definition) is 6. The molecule has 2 aliphatic rings. The minimum atomic E-state index is -1.05. The number of carboxylic acid groups (broad SMARTS) is 1. The van der Waals surface area contributed by atoms with E-state index in [0.717, 1.165) is 42.7 Å². The number of hydrogen-bond donors (Lipinski definition) is 1. The van der Waals surface area contributed by atoms with E-state index in [1.54, 1.807) is 30.2 Å². The lowest BCUT2D eigenvalue weighted by Crippen LogP contribution is -2.45. The molecule has 1 N–H and O–H groups in total. The van der Waals surface area contributed by atoms with Gasteiger partial charge in [-0.25, -0.2) is 13.9 Å². The molecule has 0 aliphatic carbocycles. The Balaban J connectivity index is 1.34. The monoisotopic (exact) mass is 630 g/mol. The lowest BCUT2D eigenvalue weighted by atomic mass is 9.86. The third-order valence-electron chi connectivity index (χ3n) is 8.67. The molecule has 2 aliphatic heterocycles. The van der Waals surface area contributed by atoms with Gasteiger partial charge in [-0.05, 0) is 66.3 Å². The molecule has 6 rings (SSSR count). The second kappa shape index (κ2) is 12.8. The van der Waals surface area contributed by atoms with Crippen LogP contribution < -0.4 is 4.90 Å². The molecule has 1 unspecified atom stereocenters. The number of carboxylic acids is 1. The Hall–Kier alpha value is -4.54. The van der Waals surface area contributed by atoms with Gasteiger partial charge in [0.05, 0.1) is 28.5 Å². The first-order chi connectivity index (χ1) is 21.7. The Kier molecular flexibility index (Phi) is 8.69. The molecule has 1 aromatic heterocycles. The van der Waals surface area contributed by atoms with E-state index in [2.05, 4.69) is 16.1 Å². The molecular weight excluding hydrogens is 599 g/mol. The quantitative estimate of drug-likeness (QED) is 0.273. The predicted molar refractivity (Wildman–Crippen MR) is 167 cm³/mol. The number of halogens is 2. The number of fused-ring (bicyclic) bond motifs is 1. The topological polar surface area (TPSA) is 105 Å². The van der Waals surface area contributed by atoms with Gasteiger partial charge in [0, 0.05) is 45.0 Å². The van der Waals surface area contributed by atoms with Crippen LogP contribution in [0.25, 0.3) is 5.69 Å². The maximum atomic E-state index is 14.7. The number of nitrogens with zero attached hydrogens (tertiary/aromatic N) is 4. The molecule has 11 heteroatoms. The van der Waals surface area contributed by atoms with Crippen LogP contribution in [0.15, 0.2) is 73.1 Å². The summed E-state index contributed by atoms with van der Waals surface area (Å²) in [6.07, 6.45) is 5.38. The van der Waals surface area contributed by atoms with Gasteiger partial charge in [-0.3, -0.25) is 9.59 Å². The maximum absolute atomic E-state index is 14.7. The number of Topliss-reactive ketones (excluding diaryl/α,β-unsaturated/α-hetero) is 1. The van der Waals surface area contributed by atoms with Crippen molar-refractivity contribution in [3.05, 3.63) is 112 Å². The zero-order valence-electron chi connectivity index (χ0n) is 24.7. The first-order valence-electron chi connectivity index (χ1n) is 14.8. The third kappa shape index (κ3) is 6.08. The number of carbonyl (C=O) groups is 3. The number of amides is 1. The molecule has 9 nitrogen and oxygen atoms in total. The first-order valence-corrected chi connectivity index (χ1v) is 15.2. The molecule has 1 saturated heterocycles. The number of ketones is 1. The molecule has 45 heavy (non-hydrogen) atoms. The highest BCUT2D eigenvalue weighted by molar-refractivity contribution is 6.30. The van der Waals surface area contributed by atoms with Crippen molar-refractivity contribution in [2.75, 3.05) is 31.6 Å². The number of anilines is 1. The highest BCUT2D eigenvalue weighted by atomic mass is 35.5. The number of ether oxygens (including phenoxy) is 1. The Morgan fingerprint density at radius 3 is 2.40 bits per heavy atom. The Labute approximate surface area is 264 Å². The Morgan fingerprint density at radius 2 is 1.69 bits per heavy atom. The molecule has 0 bridgehead atoms. The van der Waals surface area contributed by atoms with Crippen molar-refractivity contribution in [1.29, 1.82) is 0 Å². The lowest BCUT2D eigenvalue weighted by Gasteiger charge is -2.40. The van der Waals surface area contributed by atoms with Crippen LogP contribution in [-0.4, -0.2) is 70.3 Å². The van der Waals surface area contributed by atoms with Crippen molar-refractivity contribution in [2.45, 2.75) is 37.8 Å². The van der Waals surface area contributed by atoms with Crippen LogP contribution in [0.2, 0.25) is 5.02 Å². The number of aromatic nitrogens is 2. The van der Waals surface area contributed by atoms with Crippen molar-refractivity contribution in [3.63, 3.8) is 0 Å². The molecule has 0 saturated carbocycles. The minimum Gasteiger partial charge on any atom is -0.478 e. The summed E-state index contributed by atoms with van der Waals surface area (Å²) in [5, 5.41) is 13.4. The predicted octanol–water partition coefficient (Wildman–Crippen LogP) is 5.53. The summed E-state index contributed by atoms with van der Waals surface area (Å²) in [6.45, 7) is 1.94. The van der Waals surface area contributed by atoms with Crippen LogP contribution in [-0.2, 0) is 22.4 Å². The smallest absolute Gasteiger partial charge is 0.335 e. The van der Waals surface area contributed by atoms with E-state index in [9.17, 15) is 23.9 Å². The van der Waals surface area contributed by atoms with Gasteiger partial charge in [0.2, 0.25) is 0 Å². The number of methoxy groups -OCH3 is 1. The average Bonchev–Trinajstić information content (AvgIpc) is 3.55. The van der Waals surface area contributed by atoms with Gasteiger partial charge in [-0.1, -0.05) is 41.9 Å². The fourth-order valence-electron chi connectivity index (χ4n) is 6.31. The highest BCUT2D eigenvalue weighted by Crippen LogP contribution is 2.38. The van der Waals surface area contributed by atoms with E-state index in [1.807, 2.05) is 12.1 Å². The van der Waals surface area contributed by atoms with Crippen molar-refractivity contribution >= 4 is 34.9 Å². The highest BCUT2D eigenvalue weighted by Gasteiger charge is 2.38. The lowest BCUT2D eigenvalue weighted by molar-refractivity contribution is -0.123. The van der Waals surface area contributed by atoms with Crippen LogP contribution in [0.3, 0.4) is 0 Å². The number of benzene rings is 3. The minimum absolute atomic E-state index is 0.00420. The van der Waals surface area contributed by atoms with Crippen LogP contribution in [0, 0.1) is 5.82 Å². The Bertz CT molecular complexity index is 1750.